The van der Waals surface area contributed by atoms with Gasteiger partial charge in [0.15, 0.2) is 0 Å². The number of hydrogen-bond acceptors (Lipinski definition) is 2. The maximum absolute atomic E-state index is 5.65. The number of aromatic nitrogens is 2. The molecule has 0 amide bonds. The maximum Gasteiger partial charge on any atom is 0.108 e. The summed E-state index contributed by atoms with van der Waals surface area (Å²) in [5, 5.41) is 0. The maximum atomic E-state index is 5.65. The van der Waals surface area contributed by atoms with E-state index in [0.29, 0.717) is 0 Å². The van der Waals surface area contributed by atoms with Crippen LogP contribution in [0.1, 0.15) is 50.4 Å². The summed E-state index contributed by atoms with van der Waals surface area (Å²) in [5.41, 5.74) is 5.65. The van der Waals surface area contributed by atoms with Crippen LogP contribution < -0.4 is 5.73 Å². The first-order valence-corrected chi connectivity index (χ1v) is 8.07. The summed E-state index contributed by atoms with van der Waals surface area (Å²) >= 11 is 0. The Labute approximate surface area is 115 Å². The molecule has 4 bridgehead atoms. The van der Waals surface area contributed by atoms with Crippen LogP contribution in [0.25, 0.3) is 0 Å². The van der Waals surface area contributed by atoms with Crippen molar-refractivity contribution < 1.29 is 0 Å². The van der Waals surface area contributed by atoms with E-state index in [4.69, 9.17) is 5.73 Å². The summed E-state index contributed by atoms with van der Waals surface area (Å²) in [6.45, 7) is 0.772. The lowest BCUT2D eigenvalue weighted by Gasteiger charge is -2.54. The molecule has 1 heterocycles. The van der Waals surface area contributed by atoms with Crippen molar-refractivity contribution in [3.63, 3.8) is 0 Å². The van der Waals surface area contributed by atoms with Crippen LogP contribution in [-0.2, 0) is 6.42 Å². The molecule has 3 nitrogen and oxygen atoms in total. The molecule has 0 atom stereocenters. The second-order valence-corrected chi connectivity index (χ2v) is 7.06. The summed E-state index contributed by atoms with van der Waals surface area (Å²) in [6.07, 6.45) is 13.8. The van der Waals surface area contributed by atoms with Crippen molar-refractivity contribution >= 4 is 0 Å². The van der Waals surface area contributed by atoms with Gasteiger partial charge in [0.05, 0.1) is 0 Å². The van der Waals surface area contributed by atoms with Crippen LogP contribution in [0.15, 0.2) is 12.4 Å². The molecule has 19 heavy (non-hydrogen) atoms. The molecule has 0 unspecified atom stereocenters. The second kappa shape index (κ2) is 4.62. The van der Waals surface area contributed by atoms with Crippen LogP contribution in [0.5, 0.6) is 0 Å². The van der Waals surface area contributed by atoms with Gasteiger partial charge >= 0.3 is 0 Å². The SMILES string of the molecule is NCCCc1nccn1C1C2CC3CC(C2)CC1C3. The van der Waals surface area contributed by atoms with Crippen molar-refractivity contribution in [1.29, 1.82) is 0 Å². The topological polar surface area (TPSA) is 43.8 Å². The van der Waals surface area contributed by atoms with E-state index in [-0.39, 0.29) is 0 Å². The number of aryl methyl sites for hydroxylation is 1. The Morgan fingerprint density at radius 2 is 1.79 bits per heavy atom. The molecule has 4 aliphatic carbocycles. The molecule has 1 aromatic heterocycles. The third kappa shape index (κ3) is 1.94. The third-order valence-corrected chi connectivity index (χ3v) is 5.85. The zero-order chi connectivity index (χ0) is 12.8. The van der Waals surface area contributed by atoms with Gasteiger partial charge in [-0.15, -0.1) is 0 Å². The molecule has 3 heteroatoms. The number of hydrogen-bond donors (Lipinski definition) is 1. The molecule has 0 spiro atoms. The van der Waals surface area contributed by atoms with E-state index in [1.54, 1.807) is 0 Å². The third-order valence-electron chi connectivity index (χ3n) is 5.85. The van der Waals surface area contributed by atoms with Gasteiger partial charge in [0.25, 0.3) is 0 Å². The highest BCUT2D eigenvalue weighted by molar-refractivity contribution is 5.05. The van der Waals surface area contributed by atoms with Crippen LogP contribution >= 0.6 is 0 Å². The second-order valence-electron chi connectivity index (χ2n) is 7.06. The first-order chi connectivity index (χ1) is 9.35. The van der Waals surface area contributed by atoms with Crippen LogP contribution in [0, 0.1) is 23.7 Å². The molecule has 4 saturated carbocycles. The molecule has 0 radical (unpaired) electrons. The largest absolute Gasteiger partial charge is 0.331 e. The summed E-state index contributed by atoms with van der Waals surface area (Å²) in [6, 6.07) is 0.753. The molecule has 0 saturated heterocycles. The standard InChI is InChI=1S/C16H25N3/c17-3-1-2-15-18-4-5-19(15)16-13-7-11-6-12(9-13)10-14(16)8-11/h4-5,11-14,16H,1-3,6-10,17H2. The predicted octanol–water partition coefficient (Wildman–Crippen LogP) is 2.77. The molecule has 2 N–H and O–H groups in total. The highest BCUT2D eigenvalue weighted by Crippen LogP contribution is 2.58. The van der Waals surface area contributed by atoms with Gasteiger partial charge in [0, 0.05) is 24.9 Å². The van der Waals surface area contributed by atoms with E-state index >= 15 is 0 Å². The minimum Gasteiger partial charge on any atom is -0.331 e. The Hall–Kier alpha value is -0.830. The van der Waals surface area contributed by atoms with Gasteiger partial charge in [-0.25, -0.2) is 4.98 Å². The van der Waals surface area contributed by atoms with Crippen molar-refractivity contribution in [3.8, 4) is 0 Å². The molecule has 0 aliphatic heterocycles. The minimum absolute atomic E-state index is 0.753. The normalized spacial score (nSPS) is 39.9. The van der Waals surface area contributed by atoms with Gasteiger partial charge in [-0.1, -0.05) is 0 Å². The fraction of sp³-hybridized carbons (Fsp3) is 0.812. The van der Waals surface area contributed by atoms with Crippen molar-refractivity contribution in [2.45, 2.75) is 51.0 Å². The molecule has 5 rings (SSSR count). The van der Waals surface area contributed by atoms with E-state index in [9.17, 15) is 0 Å². The van der Waals surface area contributed by atoms with E-state index in [1.165, 1.54) is 37.9 Å². The smallest absolute Gasteiger partial charge is 0.108 e. The highest BCUT2D eigenvalue weighted by Gasteiger charge is 2.49. The number of nitrogens with two attached hydrogens (primary N) is 1. The van der Waals surface area contributed by atoms with Gasteiger partial charge in [-0.05, 0) is 68.7 Å². The molecular weight excluding hydrogens is 234 g/mol. The van der Waals surface area contributed by atoms with Crippen LogP contribution in [0.2, 0.25) is 0 Å². The van der Waals surface area contributed by atoms with Gasteiger partial charge in [0.1, 0.15) is 5.82 Å². The van der Waals surface area contributed by atoms with Gasteiger partial charge in [-0.3, -0.25) is 0 Å². The average Bonchev–Trinajstić information content (AvgIpc) is 2.83. The van der Waals surface area contributed by atoms with E-state index < -0.39 is 0 Å². The number of rotatable bonds is 4. The molecule has 0 aromatic carbocycles. The Kier molecular flexibility index (Phi) is 2.91. The molecule has 1 aromatic rings. The van der Waals surface area contributed by atoms with E-state index in [0.717, 1.165) is 49.1 Å². The van der Waals surface area contributed by atoms with Crippen LogP contribution in [0.3, 0.4) is 0 Å². The van der Waals surface area contributed by atoms with Gasteiger partial charge in [0.2, 0.25) is 0 Å². The van der Waals surface area contributed by atoms with Crippen molar-refractivity contribution in [1.82, 2.24) is 9.55 Å². The molecular formula is C16H25N3. The van der Waals surface area contributed by atoms with Gasteiger partial charge < -0.3 is 10.3 Å². The Balaban J connectivity index is 1.60. The minimum atomic E-state index is 0.753. The predicted molar refractivity (Wildman–Crippen MR) is 75.7 cm³/mol. The quantitative estimate of drug-likeness (QED) is 0.903. The number of nitrogens with zero attached hydrogens (tertiary/aromatic N) is 2. The number of imidazole rings is 1. The lowest BCUT2D eigenvalue weighted by Crippen LogP contribution is -2.46. The fourth-order valence-electron chi connectivity index (χ4n) is 5.42. The Morgan fingerprint density at radius 3 is 2.42 bits per heavy atom. The average molecular weight is 259 g/mol. The van der Waals surface area contributed by atoms with Crippen molar-refractivity contribution in [2.24, 2.45) is 29.4 Å². The lowest BCUT2D eigenvalue weighted by atomic mass is 9.54. The summed E-state index contributed by atoms with van der Waals surface area (Å²) in [7, 11) is 0. The summed E-state index contributed by atoms with van der Waals surface area (Å²) in [5.74, 6) is 5.25. The van der Waals surface area contributed by atoms with Crippen LogP contribution in [0.4, 0.5) is 0 Å². The van der Waals surface area contributed by atoms with Crippen molar-refractivity contribution in [3.05, 3.63) is 18.2 Å². The monoisotopic (exact) mass is 259 g/mol. The Bertz CT molecular complexity index is 423. The van der Waals surface area contributed by atoms with Crippen LogP contribution in [-0.4, -0.2) is 16.1 Å². The van der Waals surface area contributed by atoms with E-state index in [2.05, 4.69) is 15.7 Å². The molecule has 4 fully saturated rings. The van der Waals surface area contributed by atoms with Gasteiger partial charge in [-0.2, -0.15) is 0 Å². The van der Waals surface area contributed by atoms with E-state index in [1.807, 2.05) is 6.20 Å². The Morgan fingerprint density at radius 1 is 1.11 bits per heavy atom. The lowest BCUT2D eigenvalue weighted by molar-refractivity contribution is -0.0301. The fourth-order valence-corrected chi connectivity index (χ4v) is 5.42. The first kappa shape index (κ1) is 12.0. The first-order valence-electron chi connectivity index (χ1n) is 8.07. The summed E-state index contributed by atoms with van der Waals surface area (Å²) < 4.78 is 2.53. The van der Waals surface area contributed by atoms with Crippen molar-refractivity contribution in [2.75, 3.05) is 6.54 Å². The molecule has 104 valence electrons. The zero-order valence-corrected chi connectivity index (χ0v) is 11.7. The highest BCUT2D eigenvalue weighted by atomic mass is 15.1. The molecule has 4 aliphatic rings. The summed E-state index contributed by atoms with van der Waals surface area (Å²) in [4.78, 5) is 4.59. The zero-order valence-electron chi connectivity index (χ0n) is 11.7.